The molecule has 1 aromatic carbocycles. The van der Waals surface area contributed by atoms with Crippen LogP contribution in [0.15, 0.2) is 42.0 Å². The van der Waals surface area contributed by atoms with E-state index in [0.717, 1.165) is 43.1 Å². The molecule has 2 aromatic heterocycles. The number of nitrogens with zero attached hydrogens (tertiary/aromatic N) is 4. The van der Waals surface area contributed by atoms with Crippen molar-refractivity contribution in [3.05, 3.63) is 53.3 Å². The van der Waals surface area contributed by atoms with Crippen molar-refractivity contribution < 1.29 is 18.0 Å². The summed E-state index contributed by atoms with van der Waals surface area (Å²) in [7, 11) is 0. The van der Waals surface area contributed by atoms with Gasteiger partial charge < -0.3 is 10.2 Å². The van der Waals surface area contributed by atoms with Crippen molar-refractivity contribution in [1.29, 1.82) is 0 Å². The number of hydrogen-bond acceptors (Lipinski definition) is 5. The Balaban J connectivity index is 1.65. The number of aromatic nitrogens is 3. The maximum Gasteiger partial charge on any atom is 0.416 e. The Labute approximate surface area is 176 Å². The van der Waals surface area contributed by atoms with Gasteiger partial charge in [-0.05, 0) is 25.2 Å². The van der Waals surface area contributed by atoms with Gasteiger partial charge in [0.2, 0.25) is 0 Å². The zero-order chi connectivity index (χ0) is 21.7. The highest BCUT2D eigenvalue weighted by molar-refractivity contribution is 7.13. The van der Waals surface area contributed by atoms with Crippen molar-refractivity contribution in [2.45, 2.75) is 26.6 Å². The molecule has 6 nitrogen and oxygen atoms in total. The largest absolute Gasteiger partial charge is 0.416 e. The summed E-state index contributed by atoms with van der Waals surface area (Å²) in [5.74, 6) is -0.437. The highest BCUT2D eigenvalue weighted by Crippen LogP contribution is 2.33. The molecule has 0 saturated carbocycles. The number of rotatable bonds is 8. The van der Waals surface area contributed by atoms with E-state index in [9.17, 15) is 18.0 Å². The molecule has 0 radical (unpaired) electrons. The van der Waals surface area contributed by atoms with Crippen molar-refractivity contribution in [3.63, 3.8) is 0 Å². The van der Waals surface area contributed by atoms with Gasteiger partial charge in [-0.1, -0.05) is 26.0 Å². The first-order chi connectivity index (χ1) is 14.3. The van der Waals surface area contributed by atoms with Crippen LogP contribution in [0.3, 0.4) is 0 Å². The van der Waals surface area contributed by atoms with E-state index < -0.39 is 17.6 Å². The number of halogens is 3. The van der Waals surface area contributed by atoms with Crippen LogP contribution in [0.1, 0.15) is 29.9 Å². The van der Waals surface area contributed by atoms with Gasteiger partial charge in [0.15, 0.2) is 0 Å². The van der Waals surface area contributed by atoms with E-state index >= 15 is 0 Å². The summed E-state index contributed by atoms with van der Waals surface area (Å²) in [6, 6.07) is 4.89. The molecule has 1 amide bonds. The summed E-state index contributed by atoms with van der Waals surface area (Å²) in [5, 5.41) is 8.83. The predicted molar refractivity (Wildman–Crippen MR) is 111 cm³/mol. The van der Waals surface area contributed by atoms with Crippen LogP contribution in [0, 0.1) is 0 Å². The minimum Gasteiger partial charge on any atom is -0.318 e. The summed E-state index contributed by atoms with van der Waals surface area (Å²) in [6.45, 7) is 7.67. The molecule has 0 atom stereocenters. The molecular formula is C20H22F3N5OS. The highest BCUT2D eigenvalue weighted by Gasteiger charge is 2.30. The second kappa shape index (κ2) is 9.40. The molecular weight excluding hydrogens is 415 g/mol. The molecule has 0 aliphatic heterocycles. The van der Waals surface area contributed by atoms with Gasteiger partial charge in [0, 0.05) is 23.7 Å². The Morgan fingerprint density at radius 2 is 2.03 bits per heavy atom. The fourth-order valence-electron chi connectivity index (χ4n) is 2.87. The number of alkyl halides is 3. The molecule has 1 N–H and O–H groups in total. The Bertz CT molecular complexity index is 994. The van der Waals surface area contributed by atoms with Crippen molar-refractivity contribution in [2.75, 3.05) is 25.0 Å². The third-order valence-electron chi connectivity index (χ3n) is 4.60. The quantitative estimate of drug-likeness (QED) is 0.559. The predicted octanol–water partition coefficient (Wildman–Crippen LogP) is 4.62. The molecule has 0 aliphatic carbocycles. The molecule has 0 unspecified atom stereocenters. The number of hydrogen-bond donors (Lipinski definition) is 1. The fraction of sp³-hybridized carbons (Fsp3) is 0.350. The normalized spacial score (nSPS) is 11.8. The first-order valence-corrected chi connectivity index (χ1v) is 10.4. The van der Waals surface area contributed by atoms with E-state index in [4.69, 9.17) is 0 Å². The van der Waals surface area contributed by atoms with E-state index in [1.807, 2.05) is 0 Å². The number of amides is 1. The molecule has 0 bridgehead atoms. The van der Waals surface area contributed by atoms with Gasteiger partial charge in [-0.25, -0.2) is 4.98 Å². The lowest BCUT2D eigenvalue weighted by atomic mass is 10.1. The summed E-state index contributed by atoms with van der Waals surface area (Å²) < 4.78 is 40.5. The van der Waals surface area contributed by atoms with Crippen molar-refractivity contribution >= 4 is 22.9 Å². The molecule has 0 saturated heterocycles. The number of thiazole rings is 1. The SMILES string of the molecule is CCN(CC)CCn1cc(NC(=O)c2csc(-c3cccc(C(F)(F)F)c3)n2)cn1. The fourth-order valence-corrected chi connectivity index (χ4v) is 3.67. The van der Waals surface area contributed by atoms with Crippen LogP contribution in [0.5, 0.6) is 0 Å². The lowest BCUT2D eigenvalue weighted by molar-refractivity contribution is -0.137. The Morgan fingerprint density at radius 1 is 1.27 bits per heavy atom. The minimum absolute atomic E-state index is 0.142. The molecule has 0 fully saturated rings. The molecule has 160 valence electrons. The van der Waals surface area contributed by atoms with Gasteiger partial charge in [-0.15, -0.1) is 11.3 Å². The summed E-state index contributed by atoms with van der Waals surface area (Å²) in [6.07, 6.45) is -1.14. The zero-order valence-electron chi connectivity index (χ0n) is 16.6. The van der Waals surface area contributed by atoms with E-state index in [2.05, 4.69) is 34.1 Å². The average Bonchev–Trinajstić information content (AvgIpc) is 3.38. The van der Waals surface area contributed by atoms with E-state index in [1.165, 1.54) is 17.5 Å². The smallest absolute Gasteiger partial charge is 0.318 e. The summed E-state index contributed by atoms with van der Waals surface area (Å²) >= 11 is 1.12. The third kappa shape index (κ3) is 5.45. The van der Waals surface area contributed by atoms with Crippen molar-refractivity contribution in [1.82, 2.24) is 19.7 Å². The second-order valence-corrected chi connectivity index (χ2v) is 7.45. The monoisotopic (exact) mass is 437 g/mol. The molecule has 3 aromatic rings. The Kier molecular flexibility index (Phi) is 6.88. The van der Waals surface area contributed by atoms with Gasteiger partial charge in [0.1, 0.15) is 10.7 Å². The van der Waals surface area contributed by atoms with Crippen molar-refractivity contribution in [3.8, 4) is 10.6 Å². The third-order valence-corrected chi connectivity index (χ3v) is 5.50. The second-order valence-electron chi connectivity index (χ2n) is 6.59. The van der Waals surface area contributed by atoms with E-state index in [0.29, 0.717) is 22.8 Å². The molecule has 30 heavy (non-hydrogen) atoms. The van der Waals surface area contributed by atoms with Crippen LogP contribution in [-0.4, -0.2) is 45.2 Å². The Hall–Kier alpha value is -2.72. The number of likely N-dealkylation sites (N-methyl/N-ethyl adjacent to an activating group) is 1. The highest BCUT2D eigenvalue weighted by atomic mass is 32.1. The summed E-state index contributed by atoms with van der Waals surface area (Å²) in [4.78, 5) is 18.9. The lowest BCUT2D eigenvalue weighted by Gasteiger charge is -2.17. The molecule has 0 spiro atoms. The first-order valence-electron chi connectivity index (χ1n) is 9.49. The average molecular weight is 437 g/mol. The van der Waals surface area contributed by atoms with Crippen LogP contribution >= 0.6 is 11.3 Å². The number of nitrogens with one attached hydrogen (secondary N) is 1. The summed E-state index contributed by atoms with van der Waals surface area (Å²) in [5.41, 5.74) is 0.243. The van der Waals surface area contributed by atoms with Gasteiger partial charge >= 0.3 is 6.18 Å². The number of carbonyl (C=O) groups excluding carboxylic acids is 1. The Morgan fingerprint density at radius 3 is 2.73 bits per heavy atom. The van der Waals surface area contributed by atoms with Crippen LogP contribution in [-0.2, 0) is 12.7 Å². The van der Waals surface area contributed by atoms with Crippen LogP contribution in [0.2, 0.25) is 0 Å². The first kappa shape index (κ1) is 22.0. The number of benzene rings is 1. The number of carbonyl (C=O) groups is 1. The maximum absolute atomic E-state index is 12.9. The van der Waals surface area contributed by atoms with Crippen LogP contribution < -0.4 is 5.32 Å². The topological polar surface area (TPSA) is 63.0 Å². The van der Waals surface area contributed by atoms with Crippen LogP contribution in [0.25, 0.3) is 10.6 Å². The standard InChI is InChI=1S/C20H22F3N5OS/c1-3-27(4-2)8-9-28-12-16(11-24-28)25-18(29)17-13-30-19(26-17)14-6-5-7-15(10-14)20(21,22)23/h5-7,10-13H,3-4,8-9H2,1-2H3,(H,25,29). The van der Waals surface area contributed by atoms with E-state index in [-0.39, 0.29) is 5.69 Å². The van der Waals surface area contributed by atoms with Crippen LogP contribution in [0.4, 0.5) is 18.9 Å². The van der Waals surface area contributed by atoms with E-state index in [1.54, 1.807) is 17.1 Å². The van der Waals surface area contributed by atoms with Gasteiger partial charge in [-0.3, -0.25) is 9.48 Å². The van der Waals surface area contributed by atoms with Crippen molar-refractivity contribution in [2.24, 2.45) is 0 Å². The lowest BCUT2D eigenvalue weighted by Crippen LogP contribution is -2.27. The van der Waals surface area contributed by atoms with Gasteiger partial charge in [-0.2, -0.15) is 18.3 Å². The molecule has 3 rings (SSSR count). The number of anilines is 1. The molecule has 2 heterocycles. The zero-order valence-corrected chi connectivity index (χ0v) is 17.4. The van der Waals surface area contributed by atoms with Gasteiger partial charge in [0.05, 0.1) is 24.0 Å². The molecule has 0 aliphatic rings. The maximum atomic E-state index is 12.9. The minimum atomic E-state index is -4.43. The molecule has 10 heteroatoms. The van der Waals surface area contributed by atoms with Gasteiger partial charge in [0.25, 0.3) is 5.91 Å².